The van der Waals surface area contributed by atoms with Crippen LogP contribution in [0.15, 0.2) is 6.07 Å². The molecular weight excluding hydrogens is 388 g/mol. The van der Waals surface area contributed by atoms with Gasteiger partial charge in [0.15, 0.2) is 0 Å². The number of aromatic amines is 1. The summed E-state index contributed by atoms with van der Waals surface area (Å²) in [7, 11) is 2.94. The molecule has 1 atom stereocenters. The molecule has 0 aromatic carbocycles. The number of methoxy groups -OCH3 is 2. The van der Waals surface area contributed by atoms with Crippen LogP contribution in [0.4, 0.5) is 0 Å². The molecule has 9 heteroatoms. The second-order valence-corrected chi connectivity index (χ2v) is 8.59. The molecule has 2 aliphatic rings. The Morgan fingerprint density at radius 3 is 2.60 bits per heavy atom. The Bertz CT molecular complexity index is 782. The highest BCUT2D eigenvalue weighted by Crippen LogP contribution is 2.44. The minimum Gasteiger partial charge on any atom is -0.469 e. The van der Waals surface area contributed by atoms with Crippen molar-refractivity contribution in [2.24, 2.45) is 11.8 Å². The summed E-state index contributed by atoms with van der Waals surface area (Å²) in [5.74, 6) is -0.608. The van der Waals surface area contributed by atoms with Gasteiger partial charge in [-0.05, 0) is 31.2 Å². The Morgan fingerprint density at radius 1 is 1.30 bits per heavy atom. The third kappa shape index (κ3) is 4.21. The van der Waals surface area contributed by atoms with Crippen LogP contribution in [-0.4, -0.2) is 83.8 Å². The fourth-order valence-corrected chi connectivity index (χ4v) is 4.78. The number of hydrogen-bond donors (Lipinski definition) is 1. The maximum Gasteiger partial charge on any atom is 0.311 e. The zero-order valence-corrected chi connectivity index (χ0v) is 18.3. The Labute approximate surface area is 177 Å². The van der Waals surface area contributed by atoms with Crippen molar-refractivity contribution in [3.05, 3.63) is 17.5 Å². The highest BCUT2D eigenvalue weighted by molar-refractivity contribution is 5.93. The lowest BCUT2D eigenvalue weighted by molar-refractivity contribution is -0.150. The number of rotatable bonds is 7. The van der Waals surface area contributed by atoms with E-state index in [4.69, 9.17) is 9.47 Å². The third-order valence-corrected chi connectivity index (χ3v) is 6.27. The van der Waals surface area contributed by atoms with Crippen LogP contribution in [0.2, 0.25) is 0 Å². The molecule has 2 amide bonds. The molecule has 1 aromatic rings. The van der Waals surface area contributed by atoms with Crippen LogP contribution in [0.25, 0.3) is 0 Å². The standard InChI is InChI=1S/C21H32N4O5/c1-14(2)11-15-12-17(23-22-15)19(27)24-7-5-21(6-8-24)16(20(28)30-4)13-18(26)25(21)9-10-29-3/h12,14,16H,5-11,13H2,1-4H3,(H,22,23). The van der Waals surface area contributed by atoms with Crippen molar-refractivity contribution in [3.63, 3.8) is 0 Å². The molecule has 2 aliphatic heterocycles. The number of H-pyrrole nitrogens is 1. The molecule has 2 fully saturated rings. The van der Waals surface area contributed by atoms with E-state index in [-0.39, 0.29) is 24.2 Å². The van der Waals surface area contributed by atoms with Gasteiger partial charge in [0.2, 0.25) is 5.91 Å². The molecule has 30 heavy (non-hydrogen) atoms. The van der Waals surface area contributed by atoms with Gasteiger partial charge in [-0.1, -0.05) is 13.8 Å². The van der Waals surface area contributed by atoms with Gasteiger partial charge in [0, 0.05) is 38.9 Å². The first-order valence-electron chi connectivity index (χ1n) is 10.5. The first kappa shape index (κ1) is 22.3. The van der Waals surface area contributed by atoms with Crippen molar-refractivity contribution in [2.45, 2.75) is 45.1 Å². The van der Waals surface area contributed by atoms with E-state index in [1.54, 1.807) is 16.9 Å². The molecule has 1 aromatic heterocycles. The molecule has 1 spiro atoms. The summed E-state index contributed by atoms with van der Waals surface area (Å²) < 4.78 is 10.2. The van der Waals surface area contributed by atoms with Gasteiger partial charge in [0.25, 0.3) is 5.91 Å². The number of likely N-dealkylation sites (tertiary alicyclic amines) is 2. The quantitative estimate of drug-likeness (QED) is 0.666. The number of piperidine rings is 1. The van der Waals surface area contributed by atoms with E-state index in [1.165, 1.54) is 7.11 Å². The summed E-state index contributed by atoms with van der Waals surface area (Å²) >= 11 is 0. The zero-order chi connectivity index (χ0) is 21.9. The van der Waals surface area contributed by atoms with Crippen LogP contribution < -0.4 is 0 Å². The van der Waals surface area contributed by atoms with E-state index in [1.807, 2.05) is 6.07 Å². The molecule has 0 aliphatic carbocycles. The lowest BCUT2D eigenvalue weighted by atomic mass is 9.76. The predicted molar refractivity (Wildman–Crippen MR) is 109 cm³/mol. The smallest absolute Gasteiger partial charge is 0.311 e. The molecule has 2 saturated heterocycles. The molecule has 3 heterocycles. The van der Waals surface area contributed by atoms with Gasteiger partial charge in [-0.15, -0.1) is 0 Å². The summed E-state index contributed by atoms with van der Waals surface area (Å²) in [6, 6.07) is 1.81. The minimum absolute atomic E-state index is 0.0622. The monoisotopic (exact) mass is 420 g/mol. The zero-order valence-electron chi connectivity index (χ0n) is 18.3. The molecule has 0 bridgehead atoms. The van der Waals surface area contributed by atoms with Gasteiger partial charge in [-0.25, -0.2) is 0 Å². The van der Waals surface area contributed by atoms with E-state index < -0.39 is 11.5 Å². The van der Waals surface area contributed by atoms with Crippen LogP contribution in [-0.2, 0) is 25.5 Å². The van der Waals surface area contributed by atoms with Crippen LogP contribution in [0.5, 0.6) is 0 Å². The summed E-state index contributed by atoms with van der Waals surface area (Å²) in [5.41, 5.74) is 0.720. The molecular formula is C21H32N4O5. The Balaban J connectivity index is 1.74. The van der Waals surface area contributed by atoms with Gasteiger partial charge < -0.3 is 19.3 Å². The van der Waals surface area contributed by atoms with E-state index >= 15 is 0 Å². The lowest BCUT2D eigenvalue weighted by Gasteiger charge is -2.46. The first-order chi connectivity index (χ1) is 14.3. The van der Waals surface area contributed by atoms with Crippen molar-refractivity contribution in [1.29, 1.82) is 0 Å². The summed E-state index contributed by atoms with van der Waals surface area (Å²) in [6.07, 6.45) is 2.03. The number of nitrogens with zero attached hydrogens (tertiary/aromatic N) is 3. The molecule has 9 nitrogen and oxygen atoms in total. The van der Waals surface area contributed by atoms with E-state index in [2.05, 4.69) is 24.0 Å². The van der Waals surface area contributed by atoms with Crippen LogP contribution in [0.1, 0.15) is 49.3 Å². The van der Waals surface area contributed by atoms with Crippen LogP contribution >= 0.6 is 0 Å². The van der Waals surface area contributed by atoms with E-state index in [0.29, 0.717) is 50.7 Å². The Kier molecular flexibility index (Phi) is 6.80. The maximum absolute atomic E-state index is 12.9. The number of carbonyl (C=O) groups excluding carboxylic acids is 3. The number of aromatic nitrogens is 2. The Morgan fingerprint density at radius 2 is 2.00 bits per heavy atom. The van der Waals surface area contributed by atoms with Crippen molar-refractivity contribution < 1.29 is 23.9 Å². The topological polar surface area (TPSA) is 105 Å². The van der Waals surface area contributed by atoms with E-state index in [0.717, 1.165) is 12.1 Å². The minimum atomic E-state index is -0.631. The maximum atomic E-state index is 12.9. The number of nitrogens with one attached hydrogen (secondary N) is 1. The average molecular weight is 421 g/mol. The number of amides is 2. The third-order valence-electron chi connectivity index (χ3n) is 6.27. The molecule has 3 rings (SSSR count). The number of hydrogen-bond acceptors (Lipinski definition) is 6. The van der Waals surface area contributed by atoms with Crippen molar-refractivity contribution >= 4 is 17.8 Å². The van der Waals surface area contributed by atoms with Crippen molar-refractivity contribution in [3.8, 4) is 0 Å². The van der Waals surface area contributed by atoms with Crippen molar-refractivity contribution in [2.75, 3.05) is 40.5 Å². The number of ether oxygens (including phenoxy) is 2. The fourth-order valence-electron chi connectivity index (χ4n) is 4.78. The highest BCUT2D eigenvalue weighted by atomic mass is 16.5. The lowest BCUT2D eigenvalue weighted by Crippen LogP contribution is -2.58. The van der Waals surface area contributed by atoms with Gasteiger partial charge in [0.1, 0.15) is 5.69 Å². The largest absolute Gasteiger partial charge is 0.469 e. The normalized spacial score (nSPS) is 21.0. The predicted octanol–water partition coefficient (Wildman–Crippen LogP) is 1.25. The van der Waals surface area contributed by atoms with Gasteiger partial charge in [0.05, 0.1) is 25.2 Å². The van der Waals surface area contributed by atoms with Gasteiger partial charge in [-0.3, -0.25) is 19.5 Å². The second kappa shape index (κ2) is 9.16. The summed E-state index contributed by atoms with van der Waals surface area (Å²) in [4.78, 5) is 41.6. The van der Waals surface area contributed by atoms with Crippen LogP contribution in [0, 0.1) is 11.8 Å². The fraction of sp³-hybridized carbons (Fsp3) is 0.714. The average Bonchev–Trinajstić information content (AvgIpc) is 3.28. The Hall–Kier alpha value is -2.42. The number of esters is 1. The second-order valence-electron chi connectivity index (χ2n) is 8.59. The molecule has 0 saturated carbocycles. The summed E-state index contributed by atoms with van der Waals surface area (Å²) in [5, 5.41) is 7.13. The molecule has 0 radical (unpaired) electrons. The highest BCUT2D eigenvalue weighted by Gasteiger charge is 2.57. The van der Waals surface area contributed by atoms with Gasteiger partial charge >= 0.3 is 5.97 Å². The van der Waals surface area contributed by atoms with Crippen molar-refractivity contribution in [1.82, 2.24) is 20.0 Å². The molecule has 1 N–H and O–H groups in total. The molecule has 1 unspecified atom stereocenters. The SMILES string of the molecule is COCCN1C(=O)CC(C(=O)OC)C12CCN(C(=O)c1cc(CC(C)C)[nH]n1)CC2. The number of carbonyl (C=O) groups is 3. The van der Waals surface area contributed by atoms with E-state index in [9.17, 15) is 14.4 Å². The first-order valence-corrected chi connectivity index (χ1v) is 10.5. The molecule has 166 valence electrons. The van der Waals surface area contributed by atoms with Gasteiger partial charge in [-0.2, -0.15) is 5.10 Å². The summed E-state index contributed by atoms with van der Waals surface area (Å²) in [6.45, 7) is 5.96. The van der Waals surface area contributed by atoms with Crippen LogP contribution in [0.3, 0.4) is 0 Å².